The number of hydrogen-bond donors (Lipinski definition) is 1. The molecule has 0 bridgehead atoms. The molecule has 2 aromatic rings. The molecule has 2 N–H and O–H groups in total. The van der Waals surface area contributed by atoms with Crippen molar-refractivity contribution in [2.24, 2.45) is 0 Å². The molecule has 0 atom stereocenters. The second-order valence-corrected chi connectivity index (χ2v) is 5.84. The molecule has 0 amide bonds. The molecule has 0 aliphatic carbocycles. The third kappa shape index (κ3) is 3.41. The van der Waals surface area contributed by atoms with Gasteiger partial charge in [0.05, 0.1) is 5.02 Å². The van der Waals surface area contributed by atoms with Crippen molar-refractivity contribution in [3.8, 4) is 0 Å². The summed E-state index contributed by atoms with van der Waals surface area (Å²) in [5, 5.41) is 0.584. The minimum absolute atomic E-state index is 0.506. The van der Waals surface area contributed by atoms with E-state index in [1.54, 1.807) is 12.3 Å². The largest absolute Gasteiger partial charge is 0.369 e. The number of fused-ring (bicyclic) bond motifs is 1. The van der Waals surface area contributed by atoms with Crippen molar-refractivity contribution >= 4 is 28.7 Å². The van der Waals surface area contributed by atoms with Gasteiger partial charge in [0.25, 0.3) is 0 Å². The fourth-order valence-electron chi connectivity index (χ4n) is 2.11. The van der Waals surface area contributed by atoms with Gasteiger partial charge in [-0.05, 0) is 46.3 Å². The predicted molar refractivity (Wildman–Crippen MR) is 84.0 cm³/mol. The Morgan fingerprint density at radius 2 is 2.15 bits per heavy atom. The predicted octanol–water partition coefficient (Wildman–Crippen LogP) is 2.79. The Morgan fingerprint density at radius 1 is 1.40 bits per heavy atom. The Hall–Kier alpha value is -1.33. The second-order valence-electron chi connectivity index (χ2n) is 5.40. The Balaban J connectivity index is 1.98. The number of aromatic nitrogens is 3. The number of aryl methyl sites for hydroxylation is 1. The molecule has 6 heteroatoms. The van der Waals surface area contributed by atoms with Crippen molar-refractivity contribution in [3.05, 3.63) is 17.3 Å². The number of anilines is 1. The summed E-state index contributed by atoms with van der Waals surface area (Å²) in [6, 6.07) is 2.38. The quantitative estimate of drug-likeness (QED) is 0.833. The van der Waals surface area contributed by atoms with Gasteiger partial charge in [-0.1, -0.05) is 11.6 Å². The van der Waals surface area contributed by atoms with Crippen LogP contribution in [0.25, 0.3) is 11.2 Å². The molecular weight excluding hydrogens is 274 g/mol. The van der Waals surface area contributed by atoms with Crippen LogP contribution in [0.4, 0.5) is 5.95 Å². The van der Waals surface area contributed by atoms with Gasteiger partial charge in [-0.3, -0.25) is 4.57 Å². The van der Waals surface area contributed by atoms with Gasteiger partial charge in [-0.15, -0.1) is 0 Å². The van der Waals surface area contributed by atoms with Gasteiger partial charge in [0.2, 0.25) is 5.95 Å². The maximum Gasteiger partial charge on any atom is 0.202 e. The molecule has 2 rings (SSSR count). The summed E-state index contributed by atoms with van der Waals surface area (Å²) in [6.45, 7) is 6.33. The highest BCUT2D eigenvalue weighted by atomic mass is 35.5. The van der Waals surface area contributed by atoms with Crippen LogP contribution in [-0.2, 0) is 6.54 Å². The van der Waals surface area contributed by atoms with Crippen LogP contribution in [-0.4, -0.2) is 39.1 Å². The van der Waals surface area contributed by atoms with Gasteiger partial charge in [0.15, 0.2) is 5.65 Å². The molecule has 0 aliphatic heterocycles. The summed E-state index contributed by atoms with van der Waals surface area (Å²) in [5.74, 6) is 0.506. The Morgan fingerprint density at radius 3 is 2.85 bits per heavy atom. The van der Waals surface area contributed by atoms with E-state index in [1.807, 2.05) is 4.57 Å². The number of unbranched alkanes of at least 4 members (excludes halogenated alkanes) is 1. The number of rotatable bonds is 6. The molecule has 0 saturated heterocycles. The van der Waals surface area contributed by atoms with E-state index in [-0.39, 0.29) is 0 Å². The summed E-state index contributed by atoms with van der Waals surface area (Å²) in [5.41, 5.74) is 7.52. The first-order valence-corrected chi connectivity index (χ1v) is 7.34. The summed E-state index contributed by atoms with van der Waals surface area (Å²) >= 11 is 5.91. The maximum absolute atomic E-state index is 5.95. The lowest BCUT2D eigenvalue weighted by Gasteiger charge is -2.20. The topological polar surface area (TPSA) is 60.0 Å². The van der Waals surface area contributed by atoms with Crippen LogP contribution in [0.3, 0.4) is 0 Å². The van der Waals surface area contributed by atoms with E-state index in [0.29, 0.717) is 17.0 Å². The number of nitrogens with zero attached hydrogens (tertiary/aromatic N) is 4. The lowest BCUT2D eigenvalue weighted by Crippen LogP contribution is -2.27. The fourth-order valence-corrected chi connectivity index (χ4v) is 2.27. The molecule has 2 aromatic heterocycles. The van der Waals surface area contributed by atoms with Gasteiger partial charge in [-0.2, -0.15) is 0 Å². The molecule has 5 nitrogen and oxygen atoms in total. The van der Waals surface area contributed by atoms with Crippen LogP contribution in [0.2, 0.25) is 5.02 Å². The lowest BCUT2D eigenvalue weighted by molar-refractivity contribution is 0.266. The minimum atomic E-state index is 0.506. The normalized spacial score (nSPS) is 11.9. The Kier molecular flexibility index (Phi) is 4.83. The van der Waals surface area contributed by atoms with Crippen LogP contribution < -0.4 is 5.73 Å². The van der Waals surface area contributed by atoms with E-state index >= 15 is 0 Å². The molecule has 110 valence electrons. The van der Waals surface area contributed by atoms with E-state index in [2.05, 4.69) is 35.8 Å². The van der Waals surface area contributed by atoms with Crippen molar-refractivity contribution < 1.29 is 0 Å². The standard InChI is InChI=1S/C14H22ClN5/c1-10(2)19(3)6-4-5-7-20-13-12(18-14(20)16)8-11(15)9-17-13/h8-10H,4-7H2,1-3H3,(H2,16,18). The zero-order chi connectivity index (χ0) is 14.7. The van der Waals surface area contributed by atoms with E-state index in [0.717, 1.165) is 37.1 Å². The van der Waals surface area contributed by atoms with Crippen LogP contribution in [0.5, 0.6) is 0 Å². The summed E-state index contributed by atoms with van der Waals surface area (Å²) in [4.78, 5) is 11.0. The molecule has 0 radical (unpaired) electrons. The minimum Gasteiger partial charge on any atom is -0.369 e. The van der Waals surface area contributed by atoms with Gasteiger partial charge >= 0.3 is 0 Å². The van der Waals surface area contributed by atoms with Gasteiger partial charge in [0.1, 0.15) is 5.52 Å². The fraction of sp³-hybridized carbons (Fsp3) is 0.571. The third-order valence-corrected chi connectivity index (χ3v) is 3.81. The van der Waals surface area contributed by atoms with E-state index in [1.165, 1.54) is 0 Å². The zero-order valence-electron chi connectivity index (χ0n) is 12.3. The Bertz CT molecular complexity index is 578. The van der Waals surface area contributed by atoms with Crippen LogP contribution in [0.15, 0.2) is 12.3 Å². The molecule has 0 saturated carbocycles. The van der Waals surface area contributed by atoms with Gasteiger partial charge < -0.3 is 10.6 Å². The average Bonchev–Trinajstić information content (AvgIpc) is 2.69. The second kappa shape index (κ2) is 6.41. The number of halogens is 1. The van der Waals surface area contributed by atoms with Crippen molar-refractivity contribution in [1.82, 2.24) is 19.4 Å². The number of nitrogen functional groups attached to an aromatic ring is 1. The third-order valence-electron chi connectivity index (χ3n) is 3.61. The number of imidazole rings is 1. The van der Waals surface area contributed by atoms with Crippen molar-refractivity contribution in [2.45, 2.75) is 39.3 Å². The molecule has 0 spiro atoms. The summed E-state index contributed by atoms with van der Waals surface area (Å²) < 4.78 is 1.96. The molecule has 0 aromatic carbocycles. The number of nitrogens with two attached hydrogens (primary N) is 1. The molecule has 0 fully saturated rings. The molecule has 0 unspecified atom stereocenters. The number of hydrogen-bond acceptors (Lipinski definition) is 4. The highest BCUT2D eigenvalue weighted by Crippen LogP contribution is 2.19. The molecule has 0 aliphatic rings. The average molecular weight is 296 g/mol. The van der Waals surface area contributed by atoms with E-state index in [4.69, 9.17) is 17.3 Å². The summed E-state index contributed by atoms with van der Waals surface area (Å²) in [7, 11) is 2.15. The Labute approximate surface area is 124 Å². The van der Waals surface area contributed by atoms with E-state index < -0.39 is 0 Å². The highest BCUT2D eigenvalue weighted by molar-refractivity contribution is 6.31. The van der Waals surface area contributed by atoms with Crippen molar-refractivity contribution in [3.63, 3.8) is 0 Å². The lowest BCUT2D eigenvalue weighted by atomic mass is 10.2. The smallest absolute Gasteiger partial charge is 0.202 e. The van der Waals surface area contributed by atoms with Gasteiger partial charge in [-0.25, -0.2) is 9.97 Å². The first-order valence-electron chi connectivity index (χ1n) is 6.96. The van der Waals surface area contributed by atoms with Crippen LogP contribution >= 0.6 is 11.6 Å². The summed E-state index contributed by atoms with van der Waals surface area (Å²) in [6.07, 6.45) is 3.81. The molecular formula is C14H22ClN5. The van der Waals surface area contributed by atoms with E-state index in [9.17, 15) is 0 Å². The van der Waals surface area contributed by atoms with Gasteiger partial charge in [0, 0.05) is 18.8 Å². The first kappa shape index (κ1) is 15.1. The maximum atomic E-state index is 5.95. The SMILES string of the molecule is CC(C)N(C)CCCCn1c(N)nc2cc(Cl)cnc21. The van der Waals surface area contributed by atoms with Crippen molar-refractivity contribution in [1.29, 1.82) is 0 Å². The number of pyridine rings is 1. The monoisotopic (exact) mass is 295 g/mol. The zero-order valence-corrected chi connectivity index (χ0v) is 13.1. The van der Waals surface area contributed by atoms with Crippen molar-refractivity contribution in [2.75, 3.05) is 19.3 Å². The molecule has 2 heterocycles. The molecule has 20 heavy (non-hydrogen) atoms. The van der Waals surface area contributed by atoms with Crippen LogP contribution in [0, 0.1) is 0 Å². The first-order chi connectivity index (χ1) is 9.49. The highest BCUT2D eigenvalue weighted by Gasteiger charge is 2.10. The van der Waals surface area contributed by atoms with Crippen LogP contribution in [0.1, 0.15) is 26.7 Å².